The lowest BCUT2D eigenvalue weighted by Gasteiger charge is -2.23. The molecule has 0 saturated carbocycles. The molecule has 144 valence electrons. The molecule has 2 rings (SSSR count). The first-order valence-electron chi connectivity index (χ1n) is 9.36. The third kappa shape index (κ3) is 5.01. The molecule has 1 atom stereocenters. The summed E-state index contributed by atoms with van der Waals surface area (Å²) in [5, 5.41) is 0.696. The molecule has 0 amide bonds. The highest BCUT2D eigenvalue weighted by atomic mass is 35.5. The zero-order valence-corrected chi connectivity index (χ0v) is 17.9. The normalized spacial score (nSPS) is 13.5. The van der Waals surface area contributed by atoms with Crippen LogP contribution in [0.2, 0.25) is 5.02 Å². The molecule has 0 radical (unpaired) electrons. The first-order chi connectivity index (χ1) is 12.5. The number of allylic oxidation sites excluding steroid dienone is 3. The minimum atomic E-state index is -0.172. The van der Waals surface area contributed by atoms with Crippen molar-refractivity contribution >= 4 is 28.5 Å². The van der Waals surface area contributed by atoms with Crippen LogP contribution in [0.3, 0.4) is 0 Å². The molecule has 0 spiro atoms. The number of furan rings is 1. The van der Waals surface area contributed by atoms with Crippen molar-refractivity contribution in [3.05, 3.63) is 70.7 Å². The van der Waals surface area contributed by atoms with E-state index in [1.54, 1.807) is 0 Å². The molecule has 2 aromatic rings. The highest BCUT2D eigenvalue weighted by molar-refractivity contribution is 6.30. The number of rotatable bonds is 6. The number of Topliss-reactive ketones (excluding diaryl/α,β-unsaturated/α-hetero) is 1. The number of hydrogen-bond donors (Lipinski definition) is 0. The van der Waals surface area contributed by atoms with Gasteiger partial charge in [0.15, 0.2) is 5.76 Å². The van der Waals surface area contributed by atoms with E-state index >= 15 is 0 Å². The molecule has 0 aliphatic rings. The van der Waals surface area contributed by atoms with Crippen LogP contribution in [0.4, 0.5) is 0 Å². The molecule has 1 aromatic heterocycles. The minimum Gasteiger partial charge on any atom is -0.453 e. The molecule has 27 heavy (non-hydrogen) atoms. The van der Waals surface area contributed by atoms with Crippen molar-refractivity contribution in [1.82, 2.24) is 0 Å². The van der Waals surface area contributed by atoms with E-state index in [1.165, 1.54) is 0 Å². The number of hydrogen-bond acceptors (Lipinski definition) is 2. The van der Waals surface area contributed by atoms with Gasteiger partial charge in [-0.1, -0.05) is 64.9 Å². The summed E-state index contributed by atoms with van der Waals surface area (Å²) in [7, 11) is 0. The van der Waals surface area contributed by atoms with Gasteiger partial charge in [-0.25, -0.2) is 0 Å². The van der Waals surface area contributed by atoms with Crippen LogP contribution in [-0.2, 0) is 0 Å². The maximum atomic E-state index is 12.5. The van der Waals surface area contributed by atoms with Gasteiger partial charge in [-0.05, 0) is 59.7 Å². The third-order valence-electron chi connectivity index (χ3n) is 4.81. The molecular formula is C24H29ClO2. The molecule has 1 unspecified atom stereocenters. The zero-order chi connectivity index (χ0) is 20.4. The predicted octanol–water partition coefficient (Wildman–Crippen LogP) is 7.61. The second kappa shape index (κ2) is 8.31. The summed E-state index contributed by atoms with van der Waals surface area (Å²) >= 11 is 5.99. The van der Waals surface area contributed by atoms with E-state index in [2.05, 4.69) is 27.4 Å². The van der Waals surface area contributed by atoms with Crippen molar-refractivity contribution < 1.29 is 9.21 Å². The van der Waals surface area contributed by atoms with Crippen LogP contribution in [0.1, 0.15) is 68.5 Å². The average molecular weight is 385 g/mol. The van der Waals surface area contributed by atoms with Crippen LogP contribution in [0, 0.1) is 18.3 Å². The van der Waals surface area contributed by atoms with Crippen molar-refractivity contribution in [3.63, 3.8) is 0 Å². The van der Waals surface area contributed by atoms with E-state index in [0.717, 1.165) is 34.5 Å². The predicted molar refractivity (Wildman–Crippen MR) is 115 cm³/mol. The lowest BCUT2D eigenvalue weighted by atomic mass is 9.82. The Kier molecular flexibility index (Phi) is 6.54. The molecule has 3 heteroatoms. The highest BCUT2D eigenvalue weighted by Gasteiger charge is 2.26. The number of aryl methyl sites for hydroxylation is 1. The van der Waals surface area contributed by atoms with Gasteiger partial charge in [0.1, 0.15) is 5.76 Å². The number of carbonyl (C=O) groups excluding carboxylic acids is 1. The summed E-state index contributed by atoms with van der Waals surface area (Å²) in [6.45, 7) is 16.5. The van der Waals surface area contributed by atoms with E-state index in [4.69, 9.17) is 16.0 Å². The van der Waals surface area contributed by atoms with E-state index in [0.29, 0.717) is 10.8 Å². The summed E-state index contributed by atoms with van der Waals surface area (Å²) in [4.78, 5) is 12.5. The van der Waals surface area contributed by atoms with Crippen molar-refractivity contribution in [2.45, 2.75) is 48.0 Å². The van der Waals surface area contributed by atoms with E-state index < -0.39 is 0 Å². The summed E-state index contributed by atoms with van der Waals surface area (Å²) in [5.41, 5.74) is 3.69. The summed E-state index contributed by atoms with van der Waals surface area (Å²) in [5.74, 6) is 1.19. The first kappa shape index (κ1) is 21.2. The molecular weight excluding hydrogens is 356 g/mol. The molecule has 0 fully saturated rings. The molecule has 0 aliphatic carbocycles. The summed E-state index contributed by atoms with van der Waals surface area (Å²) in [6.07, 6.45) is 2.84. The Balaban J connectivity index is 2.49. The smallest absolute Gasteiger partial charge is 0.200 e. The highest BCUT2D eigenvalue weighted by Crippen LogP contribution is 2.39. The molecule has 0 saturated heterocycles. The molecule has 1 heterocycles. The second-order valence-electron chi connectivity index (χ2n) is 8.14. The number of benzene rings is 1. The summed E-state index contributed by atoms with van der Waals surface area (Å²) < 4.78 is 6.06. The van der Waals surface area contributed by atoms with Crippen molar-refractivity contribution in [2.75, 3.05) is 0 Å². The Labute approximate surface area is 167 Å². The zero-order valence-electron chi connectivity index (χ0n) is 17.2. The maximum Gasteiger partial charge on any atom is 0.200 e. The summed E-state index contributed by atoms with van der Waals surface area (Å²) in [6, 6.07) is 9.47. The molecule has 0 N–H and O–H groups in total. The fourth-order valence-electron chi connectivity index (χ4n) is 2.84. The average Bonchev–Trinajstić information content (AvgIpc) is 2.98. The quantitative estimate of drug-likeness (QED) is 0.378. The van der Waals surface area contributed by atoms with Crippen molar-refractivity contribution in [1.29, 1.82) is 0 Å². The third-order valence-corrected chi connectivity index (χ3v) is 5.06. The Morgan fingerprint density at radius 3 is 2.37 bits per heavy atom. The lowest BCUT2D eigenvalue weighted by Crippen LogP contribution is -2.10. The molecule has 0 aliphatic heterocycles. The van der Waals surface area contributed by atoms with E-state index in [-0.39, 0.29) is 17.1 Å². The monoisotopic (exact) mass is 384 g/mol. The van der Waals surface area contributed by atoms with Gasteiger partial charge in [0.25, 0.3) is 0 Å². The Bertz CT molecular complexity index is 861. The first-order valence-corrected chi connectivity index (χ1v) is 9.74. The van der Waals surface area contributed by atoms with Crippen LogP contribution >= 0.6 is 11.6 Å². The van der Waals surface area contributed by atoms with Gasteiger partial charge in [-0.2, -0.15) is 0 Å². The van der Waals surface area contributed by atoms with Gasteiger partial charge in [0.05, 0.1) is 0 Å². The number of carbonyl (C=O) groups is 1. The van der Waals surface area contributed by atoms with Crippen molar-refractivity contribution in [3.8, 4) is 0 Å². The van der Waals surface area contributed by atoms with Gasteiger partial charge >= 0.3 is 0 Å². The van der Waals surface area contributed by atoms with Crippen LogP contribution in [-0.4, -0.2) is 5.78 Å². The van der Waals surface area contributed by atoms with E-state index in [9.17, 15) is 4.79 Å². The number of ketones is 1. The Hall–Kier alpha value is -2.06. The van der Waals surface area contributed by atoms with E-state index in [1.807, 2.05) is 57.2 Å². The molecule has 1 aromatic carbocycles. The standard InChI is InChI=1S/C24H29ClO2/c1-8-15(2)22(26)21-14-17(4)23(27-21)20(24(5,6)7)13-16(3)18-9-11-19(25)12-10-18/h9-15H,3,8H2,1-2,4-7H3/b20-13+. The van der Waals surface area contributed by atoms with Crippen LogP contribution in [0.15, 0.2) is 47.4 Å². The molecule has 0 bridgehead atoms. The fraction of sp³-hybridized carbons (Fsp3) is 0.375. The van der Waals surface area contributed by atoms with Gasteiger partial charge in [-0.15, -0.1) is 0 Å². The SMILES string of the molecule is C=C(/C=C(\c1oc(C(=O)C(C)CC)cc1C)C(C)(C)C)c1ccc(Cl)cc1. The minimum absolute atomic E-state index is 0.0468. The Morgan fingerprint density at radius 1 is 1.26 bits per heavy atom. The van der Waals surface area contributed by atoms with Gasteiger partial charge in [0.2, 0.25) is 5.78 Å². The lowest BCUT2D eigenvalue weighted by molar-refractivity contribution is 0.0898. The fourth-order valence-corrected chi connectivity index (χ4v) is 2.97. The topological polar surface area (TPSA) is 30.2 Å². The molecule has 2 nitrogen and oxygen atoms in total. The van der Waals surface area contributed by atoms with Gasteiger partial charge < -0.3 is 4.42 Å². The second-order valence-corrected chi connectivity index (χ2v) is 8.57. The van der Waals surface area contributed by atoms with Crippen LogP contribution in [0.25, 0.3) is 11.1 Å². The van der Waals surface area contributed by atoms with Crippen LogP contribution in [0.5, 0.6) is 0 Å². The Morgan fingerprint density at radius 2 is 1.85 bits per heavy atom. The van der Waals surface area contributed by atoms with Crippen molar-refractivity contribution in [2.24, 2.45) is 11.3 Å². The van der Waals surface area contributed by atoms with Crippen LogP contribution < -0.4 is 0 Å². The van der Waals surface area contributed by atoms with Gasteiger partial charge in [0, 0.05) is 16.5 Å². The largest absolute Gasteiger partial charge is 0.453 e. The maximum absolute atomic E-state index is 12.5. The number of halogens is 1. The van der Waals surface area contributed by atoms with Gasteiger partial charge in [-0.3, -0.25) is 4.79 Å².